The third-order valence-electron chi connectivity index (χ3n) is 4.65. The maximum Gasteiger partial charge on any atom is 0.263 e. The van der Waals surface area contributed by atoms with Crippen molar-refractivity contribution in [2.45, 2.75) is 39.2 Å². The number of carbonyl (C=O) groups is 1. The maximum absolute atomic E-state index is 12.9. The van der Waals surface area contributed by atoms with Gasteiger partial charge < -0.3 is 9.88 Å². The fourth-order valence-corrected chi connectivity index (χ4v) is 3.23. The second-order valence-corrected chi connectivity index (χ2v) is 6.35. The van der Waals surface area contributed by atoms with Gasteiger partial charge in [-0.1, -0.05) is 6.92 Å². The molecule has 150 valence electrons. The molecule has 0 aromatic carbocycles. The number of nitrogens with zero attached hydrogens (tertiary/aromatic N) is 4. The Hall–Kier alpha value is -1.90. The van der Waals surface area contributed by atoms with Crippen LogP contribution in [0.3, 0.4) is 0 Å². The third kappa shape index (κ3) is 4.88. The summed E-state index contributed by atoms with van der Waals surface area (Å²) in [6.07, 6.45) is 4.27. The Morgan fingerprint density at radius 3 is 2.59 bits per heavy atom. The normalized spacial score (nSPS) is 14.2. The first kappa shape index (κ1) is 23.1. The van der Waals surface area contributed by atoms with Crippen molar-refractivity contribution in [1.82, 2.24) is 24.6 Å². The minimum Gasteiger partial charge on any atom is -0.317 e. The summed E-state index contributed by atoms with van der Waals surface area (Å²) in [5.74, 6) is 0.534. The number of hydrogen-bond donors (Lipinski definition) is 2. The van der Waals surface area contributed by atoms with E-state index in [0.717, 1.165) is 31.8 Å². The number of pyridine rings is 1. The first-order valence-electron chi connectivity index (χ1n) is 8.65. The first-order chi connectivity index (χ1) is 12.0. The monoisotopic (exact) mass is 416 g/mol. The molecule has 0 saturated carbocycles. The van der Waals surface area contributed by atoms with Crippen LogP contribution < -0.4 is 16.2 Å². The van der Waals surface area contributed by atoms with E-state index in [4.69, 9.17) is 0 Å². The Morgan fingerprint density at radius 2 is 2.00 bits per heavy atom. The van der Waals surface area contributed by atoms with Crippen LogP contribution in [0.15, 0.2) is 17.1 Å². The summed E-state index contributed by atoms with van der Waals surface area (Å²) in [7, 11) is 1.78. The van der Waals surface area contributed by atoms with Gasteiger partial charge in [0.15, 0.2) is 0 Å². The van der Waals surface area contributed by atoms with E-state index in [0.29, 0.717) is 12.0 Å². The number of hydrogen-bond acceptors (Lipinski definition) is 5. The number of aromatic nitrogens is 4. The molecule has 2 aromatic rings. The van der Waals surface area contributed by atoms with E-state index in [1.807, 2.05) is 13.0 Å². The standard InChI is InChI=1S/C17H24N6O2.2ClH/c1-4-13-19-17(21-22(13)3)20-15(24)14-11(2)7-10-23(16(14)25)12-5-8-18-9-6-12;;/h7,10,12,18H,4-6,8-9H2,1-3H3,(H,20,21,24);2*1H. The Kier molecular flexibility index (Phi) is 8.46. The van der Waals surface area contributed by atoms with Gasteiger partial charge in [-0.05, 0) is 44.5 Å². The van der Waals surface area contributed by atoms with Gasteiger partial charge in [-0.15, -0.1) is 29.9 Å². The minimum absolute atomic E-state index is 0. The molecule has 8 nitrogen and oxygen atoms in total. The number of piperidine rings is 1. The molecule has 0 aliphatic carbocycles. The van der Waals surface area contributed by atoms with Crippen molar-refractivity contribution < 1.29 is 4.79 Å². The van der Waals surface area contributed by atoms with Crippen LogP contribution in [-0.4, -0.2) is 38.3 Å². The van der Waals surface area contributed by atoms with Crippen LogP contribution in [0.2, 0.25) is 0 Å². The van der Waals surface area contributed by atoms with Crippen molar-refractivity contribution in [2.24, 2.45) is 7.05 Å². The quantitative estimate of drug-likeness (QED) is 0.792. The van der Waals surface area contributed by atoms with Crippen LogP contribution in [0, 0.1) is 6.92 Å². The van der Waals surface area contributed by atoms with Crippen LogP contribution in [0.25, 0.3) is 0 Å². The average molecular weight is 417 g/mol. The Bertz CT molecular complexity index is 842. The van der Waals surface area contributed by atoms with Gasteiger partial charge in [0.25, 0.3) is 11.5 Å². The molecule has 1 fully saturated rings. The number of amides is 1. The van der Waals surface area contributed by atoms with E-state index < -0.39 is 5.91 Å². The number of halogens is 2. The van der Waals surface area contributed by atoms with Gasteiger partial charge in [-0.2, -0.15) is 4.98 Å². The summed E-state index contributed by atoms with van der Waals surface area (Å²) >= 11 is 0. The van der Waals surface area contributed by atoms with E-state index >= 15 is 0 Å². The van der Waals surface area contributed by atoms with Crippen LogP contribution in [0.5, 0.6) is 0 Å². The highest BCUT2D eigenvalue weighted by Gasteiger charge is 2.22. The van der Waals surface area contributed by atoms with Crippen molar-refractivity contribution >= 4 is 36.7 Å². The second kappa shape index (κ2) is 9.87. The Morgan fingerprint density at radius 1 is 1.33 bits per heavy atom. The maximum atomic E-state index is 12.9. The number of rotatable bonds is 4. The van der Waals surface area contributed by atoms with Crippen LogP contribution >= 0.6 is 24.8 Å². The van der Waals surface area contributed by atoms with Crippen LogP contribution in [0.4, 0.5) is 5.95 Å². The SMILES string of the molecule is CCc1nc(NC(=O)c2c(C)ccn(C3CCNCC3)c2=O)nn1C.Cl.Cl. The lowest BCUT2D eigenvalue weighted by atomic mass is 10.0. The van der Waals surface area contributed by atoms with Crippen molar-refractivity contribution in [2.75, 3.05) is 18.4 Å². The van der Waals surface area contributed by atoms with Gasteiger partial charge >= 0.3 is 0 Å². The molecule has 1 saturated heterocycles. The summed E-state index contributed by atoms with van der Waals surface area (Å²) in [6, 6.07) is 1.95. The summed E-state index contributed by atoms with van der Waals surface area (Å²) in [5, 5.41) is 10.1. The fourth-order valence-electron chi connectivity index (χ4n) is 3.23. The smallest absolute Gasteiger partial charge is 0.263 e. The molecule has 1 amide bonds. The molecule has 0 radical (unpaired) electrons. The summed E-state index contributed by atoms with van der Waals surface area (Å²) in [6.45, 7) is 5.50. The highest BCUT2D eigenvalue weighted by Crippen LogP contribution is 2.17. The van der Waals surface area contributed by atoms with Crippen molar-refractivity contribution in [3.8, 4) is 0 Å². The molecule has 0 bridgehead atoms. The largest absolute Gasteiger partial charge is 0.317 e. The Balaban J connectivity index is 0.00000182. The number of anilines is 1. The summed E-state index contributed by atoms with van der Waals surface area (Å²) in [5.41, 5.74) is 0.557. The molecule has 0 atom stereocenters. The first-order valence-corrected chi connectivity index (χ1v) is 8.65. The molecule has 1 aliphatic heterocycles. The molecular weight excluding hydrogens is 391 g/mol. The van der Waals surface area contributed by atoms with Crippen molar-refractivity contribution in [3.63, 3.8) is 0 Å². The van der Waals surface area contributed by atoms with E-state index in [1.165, 1.54) is 0 Å². The molecule has 3 rings (SSSR count). The summed E-state index contributed by atoms with van der Waals surface area (Å²) in [4.78, 5) is 29.8. The lowest BCUT2D eigenvalue weighted by Gasteiger charge is -2.25. The number of carbonyl (C=O) groups excluding carboxylic acids is 1. The zero-order chi connectivity index (χ0) is 18.0. The molecule has 10 heteroatoms. The molecule has 0 spiro atoms. The van der Waals surface area contributed by atoms with E-state index in [9.17, 15) is 9.59 Å². The van der Waals surface area contributed by atoms with Gasteiger partial charge in [0.1, 0.15) is 11.4 Å². The molecular formula is C17H26Cl2N6O2. The zero-order valence-corrected chi connectivity index (χ0v) is 17.3. The van der Waals surface area contributed by atoms with Gasteiger partial charge in [0, 0.05) is 25.7 Å². The minimum atomic E-state index is -0.459. The molecule has 0 unspecified atom stereocenters. The third-order valence-corrected chi connectivity index (χ3v) is 4.65. The van der Waals surface area contributed by atoms with E-state index in [2.05, 4.69) is 20.7 Å². The van der Waals surface area contributed by atoms with Crippen LogP contribution in [0.1, 0.15) is 47.6 Å². The van der Waals surface area contributed by atoms with Gasteiger partial charge in [-0.25, -0.2) is 0 Å². The fraction of sp³-hybridized carbons (Fsp3) is 0.529. The Labute approximate surface area is 170 Å². The average Bonchev–Trinajstić information content (AvgIpc) is 2.95. The number of aryl methyl sites for hydroxylation is 3. The van der Waals surface area contributed by atoms with Gasteiger partial charge in [0.05, 0.1) is 0 Å². The van der Waals surface area contributed by atoms with Gasteiger partial charge in [0.2, 0.25) is 5.95 Å². The molecule has 27 heavy (non-hydrogen) atoms. The van der Waals surface area contributed by atoms with E-state index in [-0.39, 0.29) is 47.9 Å². The van der Waals surface area contributed by atoms with Crippen molar-refractivity contribution in [3.05, 3.63) is 39.6 Å². The van der Waals surface area contributed by atoms with E-state index in [1.54, 1.807) is 29.4 Å². The highest BCUT2D eigenvalue weighted by atomic mass is 35.5. The topological polar surface area (TPSA) is 93.8 Å². The molecule has 2 aromatic heterocycles. The molecule has 2 N–H and O–H groups in total. The van der Waals surface area contributed by atoms with Crippen molar-refractivity contribution in [1.29, 1.82) is 0 Å². The highest BCUT2D eigenvalue weighted by molar-refractivity contribution is 6.04. The zero-order valence-electron chi connectivity index (χ0n) is 15.7. The lowest BCUT2D eigenvalue weighted by molar-refractivity contribution is 0.102. The summed E-state index contributed by atoms with van der Waals surface area (Å²) < 4.78 is 3.31. The predicted octanol–water partition coefficient (Wildman–Crippen LogP) is 1.87. The number of nitrogens with one attached hydrogen (secondary N) is 2. The second-order valence-electron chi connectivity index (χ2n) is 6.35. The van der Waals surface area contributed by atoms with Crippen LogP contribution in [-0.2, 0) is 13.5 Å². The predicted molar refractivity (Wildman–Crippen MR) is 109 cm³/mol. The lowest BCUT2D eigenvalue weighted by Crippen LogP contribution is -2.37. The van der Waals surface area contributed by atoms with Gasteiger partial charge in [-0.3, -0.25) is 19.6 Å². The molecule has 1 aliphatic rings. The molecule has 3 heterocycles.